The lowest BCUT2D eigenvalue weighted by Crippen LogP contribution is -2.53. The van der Waals surface area contributed by atoms with Gasteiger partial charge in [0, 0.05) is 24.3 Å². The lowest BCUT2D eigenvalue weighted by atomic mass is 9.51. The van der Waals surface area contributed by atoms with E-state index in [0.717, 1.165) is 38.6 Å². The van der Waals surface area contributed by atoms with Gasteiger partial charge < -0.3 is 20.3 Å². The Morgan fingerprint density at radius 3 is 2.69 bits per heavy atom. The number of hydrogen-bond acceptors (Lipinski definition) is 5. The minimum atomic E-state index is -0.483. The van der Waals surface area contributed by atoms with E-state index in [0.29, 0.717) is 42.4 Å². The van der Waals surface area contributed by atoms with Crippen LogP contribution in [0.1, 0.15) is 72.6 Å². The number of Topliss-reactive ketones (excluding diaryl/α,β-unsaturated/α-hetero) is 1. The summed E-state index contributed by atoms with van der Waals surface area (Å²) in [5.74, 6) is 1.92. The molecule has 3 N–H and O–H groups in total. The van der Waals surface area contributed by atoms with Gasteiger partial charge in [0.25, 0.3) is 0 Å². The van der Waals surface area contributed by atoms with Crippen LogP contribution in [0.2, 0.25) is 0 Å². The molecule has 2 saturated heterocycles. The van der Waals surface area contributed by atoms with Gasteiger partial charge in [-0.2, -0.15) is 0 Å². The summed E-state index contributed by atoms with van der Waals surface area (Å²) < 4.78 is 6.93. The quantitative estimate of drug-likeness (QED) is 0.501. The number of carbonyl (C=O) groups is 1. The summed E-state index contributed by atoms with van der Waals surface area (Å²) in [4.78, 5) is 13.2. The molecule has 0 amide bonds. The molecule has 0 aromatic rings. The Morgan fingerprint density at radius 1 is 1.12 bits per heavy atom. The highest BCUT2D eigenvalue weighted by Crippen LogP contribution is 2.65. The molecule has 0 aromatic carbocycles. The molecule has 5 heteroatoms. The number of nitrogens with one attached hydrogen (secondary N) is 1. The number of fused-ring (bicyclic) bond motifs is 6. The first-order chi connectivity index (χ1) is 15.2. The van der Waals surface area contributed by atoms with E-state index in [-0.39, 0.29) is 41.0 Å². The van der Waals surface area contributed by atoms with Gasteiger partial charge in [-0.05, 0) is 92.2 Å². The summed E-state index contributed by atoms with van der Waals surface area (Å²) in [5, 5.41) is 25.9. The van der Waals surface area contributed by atoms with E-state index in [1.54, 1.807) is 0 Å². The SMILES string of the molecule is CC1=C2[C@@H](CC[C@]13O[C@@H]1C[C@H](C)CN[C@H]1[C@H]3C)[C@@H]1CC(=O)[C@H]3C[C@@H](O)CC[C@@]3(C)[C@H]1[C@H]2O. The highest BCUT2D eigenvalue weighted by atomic mass is 16.5. The van der Waals surface area contributed by atoms with E-state index < -0.39 is 6.10 Å². The second kappa shape index (κ2) is 7.13. The second-order valence-electron chi connectivity index (χ2n) is 12.6. The van der Waals surface area contributed by atoms with E-state index in [4.69, 9.17) is 4.74 Å². The molecular weight excluding hydrogens is 402 g/mol. The van der Waals surface area contributed by atoms with Crippen molar-refractivity contribution in [3.05, 3.63) is 11.1 Å². The molecule has 6 aliphatic rings. The molecule has 2 heterocycles. The Balaban J connectivity index is 1.39. The van der Waals surface area contributed by atoms with Gasteiger partial charge in [-0.1, -0.05) is 20.8 Å². The fourth-order valence-corrected chi connectivity index (χ4v) is 9.60. The molecule has 1 spiro atoms. The Labute approximate surface area is 192 Å². The van der Waals surface area contributed by atoms with Crippen molar-refractivity contribution in [1.29, 1.82) is 0 Å². The van der Waals surface area contributed by atoms with Crippen molar-refractivity contribution in [2.75, 3.05) is 6.54 Å². The van der Waals surface area contributed by atoms with Gasteiger partial charge in [0.2, 0.25) is 0 Å². The first-order valence-corrected chi connectivity index (χ1v) is 13.2. The van der Waals surface area contributed by atoms with E-state index in [1.165, 1.54) is 11.1 Å². The zero-order valence-electron chi connectivity index (χ0n) is 20.1. The molecule has 32 heavy (non-hydrogen) atoms. The van der Waals surface area contributed by atoms with Gasteiger partial charge in [0.15, 0.2) is 0 Å². The number of ketones is 1. The van der Waals surface area contributed by atoms with Gasteiger partial charge >= 0.3 is 0 Å². The maximum atomic E-state index is 13.2. The molecule has 0 radical (unpaired) electrons. The fourth-order valence-electron chi connectivity index (χ4n) is 9.60. The summed E-state index contributed by atoms with van der Waals surface area (Å²) in [6.07, 6.45) is 5.26. The average molecular weight is 444 g/mol. The molecule has 6 rings (SSSR count). The van der Waals surface area contributed by atoms with Crippen LogP contribution in [0.4, 0.5) is 0 Å². The molecule has 3 saturated carbocycles. The van der Waals surface area contributed by atoms with Gasteiger partial charge in [0.05, 0.1) is 23.9 Å². The summed E-state index contributed by atoms with van der Waals surface area (Å²) in [7, 11) is 0. The molecule has 0 unspecified atom stereocenters. The number of carbonyl (C=O) groups excluding carboxylic acids is 1. The lowest BCUT2D eigenvalue weighted by Gasteiger charge is -2.53. The molecule has 0 aromatic heterocycles. The van der Waals surface area contributed by atoms with Gasteiger partial charge in [-0.3, -0.25) is 4.79 Å². The molecule has 5 fully saturated rings. The van der Waals surface area contributed by atoms with Gasteiger partial charge in [0.1, 0.15) is 5.78 Å². The van der Waals surface area contributed by atoms with E-state index >= 15 is 0 Å². The van der Waals surface area contributed by atoms with Crippen molar-refractivity contribution in [3.63, 3.8) is 0 Å². The Hall–Kier alpha value is -0.750. The standard InChI is InChI=1S/C27H41NO4/c1-13-9-21-24(28-12-13)15(3)27(32-21)8-6-17-18-11-20(30)19-10-16(29)5-7-26(19,4)23(18)25(31)22(17)14(27)2/h13,15-19,21,23-25,28-29,31H,5-12H2,1-4H3/t13-,15+,16-,17-,18-,19+,21+,23+,24-,25-,26+,27-/m0/s1. The predicted octanol–water partition coefficient (Wildman–Crippen LogP) is 3.23. The minimum Gasteiger partial charge on any atom is -0.393 e. The van der Waals surface area contributed by atoms with Gasteiger partial charge in [-0.15, -0.1) is 0 Å². The smallest absolute Gasteiger partial charge is 0.136 e. The molecule has 4 aliphatic carbocycles. The largest absolute Gasteiger partial charge is 0.393 e. The van der Waals surface area contributed by atoms with E-state index in [1.807, 2.05) is 0 Å². The highest BCUT2D eigenvalue weighted by molar-refractivity contribution is 5.84. The van der Waals surface area contributed by atoms with Crippen molar-refractivity contribution in [1.82, 2.24) is 5.32 Å². The molecule has 12 atom stereocenters. The van der Waals surface area contributed by atoms with Crippen LogP contribution in [0.15, 0.2) is 11.1 Å². The molecule has 178 valence electrons. The molecular formula is C27H41NO4. The third-order valence-corrected chi connectivity index (χ3v) is 11.2. The number of aliphatic hydroxyl groups excluding tert-OH is 2. The summed E-state index contributed by atoms with van der Waals surface area (Å²) in [6, 6.07) is 0.391. The Morgan fingerprint density at radius 2 is 1.91 bits per heavy atom. The van der Waals surface area contributed by atoms with Crippen LogP contribution in [-0.4, -0.2) is 52.5 Å². The monoisotopic (exact) mass is 443 g/mol. The van der Waals surface area contributed by atoms with Gasteiger partial charge in [-0.25, -0.2) is 0 Å². The topological polar surface area (TPSA) is 78.8 Å². The van der Waals surface area contributed by atoms with Crippen LogP contribution in [0.25, 0.3) is 0 Å². The van der Waals surface area contributed by atoms with Crippen molar-refractivity contribution < 1.29 is 19.7 Å². The first kappa shape index (κ1) is 21.8. The van der Waals surface area contributed by atoms with E-state index in [9.17, 15) is 15.0 Å². The van der Waals surface area contributed by atoms with Crippen LogP contribution in [0.5, 0.6) is 0 Å². The predicted molar refractivity (Wildman–Crippen MR) is 122 cm³/mol. The number of aliphatic hydroxyl groups is 2. The van der Waals surface area contributed by atoms with Crippen LogP contribution in [-0.2, 0) is 9.53 Å². The van der Waals surface area contributed by atoms with Crippen LogP contribution >= 0.6 is 0 Å². The summed E-state index contributed by atoms with van der Waals surface area (Å²) in [5.41, 5.74) is 2.00. The summed E-state index contributed by atoms with van der Waals surface area (Å²) >= 11 is 0. The molecule has 2 aliphatic heterocycles. The Kier molecular flexibility index (Phi) is 4.85. The summed E-state index contributed by atoms with van der Waals surface area (Å²) in [6.45, 7) is 10.2. The average Bonchev–Trinajstić information content (AvgIpc) is 3.19. The normalized spacial score (nSPS) is 57.2. The first-order valence-electron chi connectivity index (χ1n) is 13.2. The van der Waals surface area contributed by atoms with Crippen LogP contribution in [0, 0.1) is 40.9 Å². The highest BCUT2D eigenvalue weighted by Gasteiger charge is 2.65. The van der Waals surface area contributed by atoms with Crippen LogP contribution in [0.3, 0.4) is 0 Å². The van der Waals surface area contributed by atoms with Crippen LogP contribution < -0.4 is 5.32 Å². The lowest BCUT2D eigenvalue weighted by molar-refractivity contribution is -0.150. The number of piperidine rings is 1. The van der Waals surface area contributed by atoms with E-state index in [2.05, 4.69) is 33.0 Å². The third kappa shape index (κ3) is 2.68. The minimum absolute atomic E-state index is 0.104. The van der Waals surface area contributed by atoms with Crippen molar-refractivity contribution in [2.24, 2.45) is 40.9 Å². The fraction of sp³-hybridized carbons (Fsp3) is 0.889. The van der Waals surface area contributed by atoms with Crippen molar-refractivity contribution >= 4 is 5.78 Å². The maximum absolute atomic E-state index is 13.2. The number of hydrogen-bond donors (Lipinski definition) is 3. The maximum Gasteiger partial charge on any atom is 0.136 e. The van der Waals surface area contributed by atoms with Crippen molar-refractivity contribution in [3.8, 4) is 0 Å². The molecule has 5 nitrogen and oxygen atoms in total. The Bertz CT molecular complexity index is 855. The molecule has 0 bridgehead atoms. The number of rotatable bonds is 0. The third-order valence-electron chi connectivity index (χ3n) is 11.2. The number of ether oxygens (including phenoxy) is 1. The van der Waals surface area contributed by atoms with Crippen molar-refractivity contribution in [2.45, 2.75) is 103 Å². The zero-order chi connectivity index (χ0) is 22.6. The zero-order valence-corrected chi connectivity index (χ0v) is 20.1. The second-order valence-corrected chi connectivity index (χ2v) is 12.6.